The molecule has 1 aliphatic heterocycles. The topological polar surface area (TPSA) is 60.6 Å². The summed E-state index contributed by atoms with van der Waals surface area (Å²) >= 11 is 6.50. The Hall–Kier alpha value is -1.40. The molecule has 7 heteroatoms. The summed E-state index contributed by atoms with van der Waals surface area (Å²) in [6.45, 7) is 8.67. The molecule has 0 fully saturated rings. The van der Waals surface area contributed by atoms with Crippen molar-refractivity contribution in [2.75, 3.05) is 0 Å². The first kappa shape index (κ1) is 16.5. The summed E-state index contributed by atoms with van der Waals surface area (Å²) in [6, 6.07) is 0.401. The lowest BCUT2D eigenvalue weighted by atomic mass is 10.1. The van der Waals surface area contributed by atoms with E-state index in [1.807, 2.05) is 23.2 Å². The first-order valence-corrected chi connectivity index (χ1v) is 8.81. The second-order valence-corrected chi connectivity index (χ2v) is 6.66. The van der Waals surface area contributed by atoms with E-state index >= 15 is 0 Å². The molecular weight excluding hydrogens is 312 g/mol. The maximum absolute atomic E-state index is 6.50. The van der Waals surface area contributed by atoms with Crippen molar-refractivity contribution in [3.8, 4) is 0 Å². The second kappa shape index (κ2) is 7.01. The molecule has 0 unspecified atom stereocenters. The Balaban J connectivity index is 1.62. The van der Waals surface area contributed by atoms with Crippen LogP contribution in [-0.4, -0.2) is 30.6 Å². The van der Waals surface area contributed by atoms with Gasteiger partial charge < -0.3 is 5.32 Å². The van der Waals surface area contributed by atoms with Gasteiger partial charge in [0.05, 0.1) is 12.2 Å². The number of aromatic nitrogens is 5. The fraction of sp³-hybridized carbons (Fsp3) is 0.688. The van der Waals surface area contributed by atoms with Crippen molar-refractivity contribution >= 4 is 11.6 Å². The highest BCUT2D eigenvalue weighted by atomic mass is 35.5. The summed E-state index contributed by atoms with van der Waals surface area (Å²) in [5.41, 5.74) is 2.13. The standard InChI is InChI=1S/C16H25ClN6/c1-4-5-8-22-16(17)14(11(2)20-22)9-18-13-6-7-15-19-12(3)21-23(15)10-13/h13,18H,4-10H2,1-3H3/t13-/m1/s1. The number of hydrogen-bond acceptors (Lipinski definition) is 4. The van der Waals surface area contributed by atoms with Gasteiger partial charge in [-0.2, -0.15) is 10.2 Å². The molecule has 0 saturated carbocycles. The van der Waals surface area contributed by atoms with E-state index in [9.17, 15) is 0 Å². The van der Waals surface area contributed by atoms with E-state index in [4.69, 9.17) is 11.6 Å². The maximum Gasteiger partial charge on any atom is 0.147 e. The van der Waals surface area contributed by atoms with Crippen LogP contribution in [0.4, 0.5) is 0 Å². The molecule has 23 heavy (non-hydrogen) atoms. The molecule has 0 amide bonds. The molecule has 1 atom stereocenters. The fourth-order valence-corrected chi connectivity index (χ4v) is 3.42. The largest absolute Gasteiger partial charge is 0.308 e. The minimum atomic E-state index is 0.401. The highest BCUT2D eigenvalue weighted by Gasteiger charge is 2.21. The van der Waals surface area contributed by atoms with Gasteiger partial charge in [-0.1, -0.05) is 24.9 Å². The van der Waals surface area contributed by atoms with Crippen LogP contribution in [0.3, 0.4) is 0 Å². The molecule has 0 bridgehead atoms. The van der Waals surface area contributed by atoms with Gasteiger partial charge in [0.2, 0.25) is 0 Å². The summed E-state index contributed by atoms with van der Waals surface area (Å²) in [5.74, 6) is 1.96. The third-order valence-corrected chi connectivity index (χ3v) is 4.86. The van der Waals surface area contributed by atoms with Gasteiger partial charge in [-0.3, -0.25) is 4.68 Å². The Morgan fingerprint density at radius 1 is 1.30 bits per heavy atom. The molecule has 2 aromatic rings. The predicted octanol–water partition coefficient (Wildman–Crippen LogP) is 2.65. The van der Waals surface area contributed by atoms with E-state index < -0.39 is 0 Å². The van der Waals surface area contributed by atoms with E-state index in [0.717, 1.165) is 73.4 Å². The summed E-state index contributed by atoms with van der Waals surface area (Å²) in [5, 5.41) is 13.4. The van der Waals surface area contributed by atoms with Gasteiger partial charge in [-0.05, 0) is 26.7 Å². The van der Waals surface area contributed by atoms with Crippen LogP contribution in [0.5, 0.6) is 0 Å². The van der Waals surface area contributed by atoms with Crippen LogP contribution in [0.25, 0.3) is 0 Å². The summed E-state index contributed by atoms with van der Waals surface area (Å²) in [7, 11) is 0. The first-order chi connectivity index (χ1) is 11.1. The average molecular weight is 337 g/mol. The van der Waals surface area contributed by atoms with Crippen molar-refractivity contribution in [3.05, 3.63) is 28.1 Å². The number of hydrogen-bond donors (Lipinski definition) is 1. The molecule has 126 valence electrons. The van der Waals surface area contributed by atoms with Crippen LogP contribution >= 0.6 is 11.6 Å². The summed E-state index contributed by atoms with van der Waals surface area (Å²) < 4.78 is 3.95. The van der Waals surface area contributed by atoms with Crippen molar-refractivity contribution in [1.29, 1.82) is 0 Å². The first-order valence-electron chi connectivity index (χ1n) is 8.44. The van der Waals surface area contributed by atoms with Crippen molar-refractivity contribution in [1.82, 2.24) is 29.9 Å². The van der Waals surface area contributed by atoms with Crippen molar-refractivity contribution < 1.29 is 0 Å². The minimum Gasteiger partial charge on any atom is -0.308 e. The zero-order valence-corrected chi connectivity index (χ0v) is 14.9. The predicted molar refractivity (Wildman–Crippen MR) is 90.6 cm³/mol. The van der Waals surface area contributed by atoms with Crippen molar-refractivity contribution in [3.63, 3.8) is 0 Å². The van der Waals surface area contributed by atoms with E-state index in [2.05, 4.69) is 27.4 Å². The number of fused-ring (bicyclic) bond motifs is 1. The normalized spacial score (nSPS) is 17.5. The number of nitrogens with one attached hydrogen (secondary N) is 1. The Morgan fingerprint density at radius 2 is 2.13 bits per heavy atom. The van der Waals surface area contributed by atoms with Crippen LogP contribution in [0, 0.1) is 13.8 Å². The third kappa shape index (κ3) is 3.58. The van der Waals surface area contributed by atoms with Gasteiger partial charge in [-0.25, -0.2) is 9.67 Å². The maximum atomic E-state index is 6.50. The molecule has 3 heterocycles. The number of nitrogens with zero attached hydrogens (tertiary/aromatic N) is 5. The smallest absolute Gasteiger partial charge is 0.147 e. The molecule has 0 aliphatic carbocycles. The quantitative estimate of drug-likeness (QED) is 0.881. The summed E-state index contributed by atoms with van der Waals surface area (Å²) in [6.07, 6.45) is 4.30. The average Bonchev–Trinajstić information content (AvgIpc) is 3.02. The van der Waals surface area contributed by atoms with Gasteiger partial charge in [0.15, 0.2) is 0 Å². The van der Waals surface area contributed by atoms with Gasteiger partial charge >= 0.3 is 0 Å². The molecular formula is C16H25ClN6. The fourth-order valence-electron chi connectivity index (χ4n) is 3.09. The SMILES string of the molecule is CCCCn1nc(C)c(CN[C@@H]2CCc3nc(C)nn3C2)c1Cl. The van der Waals surface area contributed by atoms with Crippen LogP contribution < -0.4 is 5.32 Å². The van der Waals surface area contributed by atoms with E-state index in [1.165, 1.54) is 0 Å². The van der Waals surface area contributed by atoms with Gasteiger partial charge in [0.25, 0.3) is 0 Å². The Morgan fingerprint density at radius 3 is 2.91 bits per heavy atom. The van der Waals surface area contributed by atoms with Crippen LogP contribution in [0.2, 0.25) is 5.15 Å². The van der Waals surface area contributed by atoms with Crippen molar-refractivity contribution in [2.45, 2.75) is 72.1 Å². The zero-order chi connectivity index (χ0) is 16.4. The van der Waals surface area contributed by atoms with Gasteiger partial charge in [0, 0.05) is 31.1 Å². The monoisotopic (exact) mass is 336 g/mol. The number of rotatable bonds is 6. The lowest BCUT2D eigenvalue weighted by Crippen LogP contribution is -2.37. The number of aryl methyl sites for hydroxylation is 4. The molecule has 0 spiro atoms. The zero-order valence-electron chi connectivity index (χ0n) is 14.1. The molecule has 1 aliphatic rings. The third-order valence-electron chi connectivity index (χ3n) is 4.44. The number of unbranched alkanes of at least 4 members (excludes halogenated alkanes) is 1. The van der Waals surface area contributed by atoms with Crippen molar-refractivity contribution in [2.24, 2.45) is 0 Å². The molecule has 3 rings (SSSR count). The van der Waals surface area contributed by atoms with Crippen LogP contribution in [0.15, 0.2) is 0 Å². The highest BCUT2D eigenvalue weighted by Crippen LogP contribution is 2.21. The minimum absolute atomic E-state index is 0.401. The Bertz CT molecular complexity index is 674. The Labute approximate surface area is 142 Å². The Kier molecular flexibility index (Phi) is 5.02. The van der Waals surface area contributed by atoms with Crippen LogP contribution in [-0.2, 0) is 26.1 Å². The summed E-state index contributed by atoms with van der Waals surface area (Å²) in [4.78, 5) is 4.45. The second-order valence-electron chi connectivity index (χ2n) is 6.31. The molecule has 1 N–H and O–H groups in total. The van der Waals surface area contributed by atoms with E-state index in [0.29, 0.717) is 6.04 Å². The highest BCUT2D eigenvalue weighted by molar-refractivity contribution is 6.30. The van der Waals surface area contributed by atoms with E-state index in [1.54, 1.807) is 0 Å². The number of halogens is 1. The molecule has 0 aromatic carbocycles. The molecule has 2 aromatic heterocycles. The molecule has 6 nitrogen and oxygen atoms in total. The van der Waals surface area contributed by atoms with Gasteiger partial charge in [0.1, 0.15) is 16.8 Å². The lowest BCUT2D eigenvalue weighted by molar-refractivity contribution is 0.357. The molecule has 0 radical (unpaired) electrons. The van der Waals surface area contributed by atoms with Crippen LogP contribution in [0.1, 0.15) is 49.1 Å². The van der Waals surface area contributed by atoms with E-state index in [-0.39, 0.29) is 0 Å². The van der Waals surface area contributed by atoms with Gasteiger partial charge in [-0.15, -0.1) is 0 Å². The molecule has 0 saturated heterocycles. The lowest BCUT2D eigenvalue weighted by Gasteiger charge is -2.23.